The molecule has 2 aromatic carbocycles. The summed E-state index contributed by atoms with van der Waals surface area (Å²) in [5, 5.41) is 8.72. The summed E-state index contributed by atoms with van der Waals surface area (Å²) in [6, 6.07) is 14.5. The lowest BCUT2D eigenvalue weighted by atomic mass is 10.2. The van der Waals surface area contributed by atoms with E-state index in [0.29, 0.717) is 29.2 Å². The number of esters is 2. The maximum Gasteiger partial charge on any atom is 0.349 e. The highest BCUT2D eigenvalue weighted by Crippen LogP contribution is 2.15. The highest BCUT2D eigenvalue weighted by molar-refractivity contribution is 5.89. The molecule has 6 heteroatoms. The smallest absolute Gasteiger partial charge is 0.349 e. The fraction of sp³-hybridized carbons (Fsp3) is 0.250. The molecule has 0 saturated carbocycles. The molecular formula is C20H19NO5. The number of nitrogens with zero attached hydrogens (tertiary/aromatic N) is 1. The minimum Gasteiger partial charge on any atom is -0.482 e. The topological polar surface area (TPSA) is 85.6 Å². The zero-order valence-electron chi connectivity index (χ0n) is 14.4. The largest absolute Gasteiger partial charge is 0.482 e. The van der Waals surface area contributed by atoms with Crippen molar-refractivity contribution in [2.75, 3.05) is 13.2 Å². The highest BCUT2D eigenvalue weighted by atomic mass is 16.6. The van der Waals surface area contributed by atoms with Gasteiger partial charge in [-0.25, -0.2) is 9.59 Å². The summed E-state index contributed by atoms with van der Waals surface area (Å²) in [6.07, 6.45) is 1.77. The maximum absolute atomic E-state index is 11.8. The van der Waals surface area contributed by atoms with E-state index in [2.05, 4.69) is 0 Å². The molecule has 0 fully saturated rings. The molecule has 2 aromatic rings. The third-order valence-electron chi connectivity index (χ3n) is 3.39. The van der Waals surface area contributed by atoms with Crippen molar-refractivity contribution in [3.05, 3.63) is 59.7 Å². The SMILES string of the molecule is CCCCOC(=O)c1ccc(OC(=O)COc2ccc(C#N)cc2)cc1. The van der Waals surface area contributed by atoms with Gasteiger partial charge in [-0.3, -0.25) is 0 Å². The van der Waals surface area contributed by atoms with Crippen LogP contribution in [0.2, 0.25) is 0 Å². The van der Waals surface area contributed by atoms with Crippen LogP contribution in [0.15, 0.2) is 48.5 Å². The molecule has 0 N–H and O–H groups in total. The molecular weight excluding hydrogens is 334 g/mol. The Morgan fingerprint density at radius 2 is 1.65 bits per heavy atom. The molecule has 26 heavy (non-hydrogen) atoms. The van der Waals surface area contributed by atoms with Crippen molar-refractivity contribution in [1.29, 1.82) is 5.26 Å². The van der Waals surface area contributed by atoms with Crippen LogP contribution in [0.4, 0.5) is 0 Å². The second kappa shape index (κ2) is 9.84. The first-order chi connectivity index (χ1) is 12.6. The molecule has 0 saturated heterocycles. The molecule has 0 heterocycles. The fourth-order valence-electron chi connectivity index (χ4n) is 1.98. The molecule has 0 atom stereocenters. The Morgan fingerprint density at radius 1 is 1.00 bits per heavy atom. The van der Waals surface area contributed by atoms with Gasteiger partial charge in [0, 0.05) is 0 Å². The minimum atomic E-state index is -0.576. The van der Waals surface area contributed by atoms with Crippen LogP contribution in [0.3, 0.4) is 0 Å². The molecule has 134 valence electrons. The van der Waals surface area contributed by atoms with Gasteiger partial charge in [-0.15, -0.1) is 0 Å². The molecule has 0 bridgehead atoms. The molecule has 0 radical (unpaired) electrons. The van der Waals surface area contributed by atoms with Gasteiger partial charge in [0.25, 0.3) is 0 Å². The van der Waals surface area contributed by atoms with Crippen LogP contribution in [0.25, 0.3) is 0 Å². The number of carbonyl (C=O) groups is 2. The molecule has 0 amide bonds. The number of carbonyl (C=O) groups excluding carboxylic acids is 2. The van der Waals surface area contributed by atoms with Crippen LogP contribution in [-0.2, 0) is 9.53 Å². The lowest BCUT2D eigenvalue weighted by Gasteiger charge is -2.08. The Kier molecular flexibility index (Phi) is 7.19. The average Bonchev–Trinajstić information content (AvgIpc) is 2.67. The van der Waals surface area contributed by atoms with Crippen LogP contribution in [0, 0.1) is 11.3 Å². The molecule has 6 nitrogen and oxygen atoms in total. The lowest BCUT2D eigenvalue weighted by molar-refractivity contribution is -0.136. The van der Waals surface area contributed by atoms with E-state index >= 15 is 0 Å². The molecule has 0 aliphatic heterocycles. The van der Waals surface area contributed by atoms with Crippen molar-refractivity contribution in [2.24, 2.45) is 0 Å². The first-order valence-electron chi connectivity index (χ1n) is 8.23. The highest BCUT2D eigenvalue weighted by Gasteiger charge is 2.09. The van der Waals surface area contributed by atoms with Crippen LogP contribution in [0.5, 0.6) is 11.5 Å². The van der Waals surface area contributed by atoms with Gasteiger partial charge in [0.2, 0.25) is 0 Å². The van der Waals surface area contributed by atoms with Gasteiger partial charge < -0.3 is 14.2 Å². The Morgan fingerprint density at radius 3 is 2.27 bits per heavy atom. The summed E-state index contributed by atoms with van der Waals surface area (Å²) >= 11 is 0. The third-order valence-corrected chi connectivity index (χ3v) is 3.39. The van der Waals surface area contributed by atoms with E-state index in [9.17, 15) is 9.59 Å². The zero-order chi connectivity index (χ0) is 18.8. The first kappa shape index (κ1) is 19.0. The van der Waals surface area contributed by atoms with Crippen molar-refractivity contribution < 1.29 is 23.8 Å². The minimum absolute atomic E-state index is 0.271. The summed E-state index contributed by atoms with van der Waals surface area (Å²) in [5.41, 5.74) is 0.906. The third kappa shape index (κ3) is 5.95. The molecule has 0 aliphatic rings. The molecule has 0 aliphatic carbocycles. The van der Waals surface area contributed by atoms with Gasteiger partial charge in [-0.2, -0.15) is 5.26 Å². The number of hydrogen-bond acceptors (Lipinski definition) is 6. The van der Waals surface area contributed by atoms with Crippen LogP contribution >= 0.6 is 0 Å². The second-order valence-electron chi connectivity index (χ2n) is 5.41. The van der Waals surface area contributed by atoms with Crippen molar-refractivity contribution in [1.82, 2.24) is 0 Å². The van der Waals surface area contributed by atoms with Crippen molar-refractivity contribution in [3.63, 3.8) is 0 Å². The predicted octanol–water partition coefficient (Wildman–Crippen LogP) is 3.50. The number of ether oxygens (including phenoxy) is 3. The van der Waals surface area contributed by atoms with Gasteiger partial charge >= 0.3 is 11.9 Å². The number of nitriles is 1. The van der Waals surface area contributed by atoms with Gasteiger partial charge in [-0.05, 0) is 55.0 Å². The van der Waals surface area contributed by atoms with Gasteiger partial charge in [-0.1, -0.05) is 13.3 Å². The molecule has 0 aromatic heterocycles. The van der Waals surface area contributed by atoms with Gasteiger partial charge in [0.1, 0.15) is 11.5 Å². The summed E-state index contributed by atoms with van der Waals surface area (Å²) in [4.78, 5) is 23.6. The summed E-state index contributed by atoms with van der Waals surface area (Å²) in [7, 11) is 0. The Bertz CT molecular complexity index is 775. The zero-order valence-corrected chi connectivity index (χ0v) is 14.4. The Balaban J connectivity index is 1.81. The van der Waals surface area contributed by atoms with E-state index in [-0.39, 0.29) is 6.61 Å². The second-order valence-corrected chi connectivity index (χ2v) is 5.41. The maximum atomic E-state index is 11.8. The number of hydrogen-bond donors (Lipinski definition) is 0. The predicted molar refractivity (Wildman–Crippen MR) is 93.9 cm³/mol. The lowest BCUT2D eigenvalue weighted by Crippen LogP contribution is -2.17. The Hall–Kier alpha value is -3.33. The molecule has 2 rings (SSSR count). The normalized spacial score (nSPS) is 9.85. The summed E-state index contributed by atoms with van der Waals surface area (Å²) in [6.45, 7) is 2.13. The summed E-state index contributed by atoms with van der Waals surface area (Å²) in [5.74, 6) is -0.206. The monoisotopic (exact) mass is 353 g/mol. The summed E-state index contributed by atoms with van der Waals surface area (Å²) < 4.78 is 15.6. The van der Waals surface area contributed by atoms with Crippen LogP contribution in [-0.4, -0.2) is 25.2 Å². The van der Waals surface area contributed by atoms with E-state index < -0.39 is 11.9 Å². The Labute approximate surface area is 151 Å². The molecule has 0 unspecified atom stereocenters. The number of unbranched alkanes of at least 4 members (excludes halogenated alkanes) is 1. The van der Waals surface area contributed by atoms with Crippen molar-refractivity contribution in [2.45, 2.75) is 19.8 Å². The number of benzene rings is 2. The first-order valence-corrected chi connectivity index (χ1v) is 8.23. The average molecular weight is 353 g/mol. The van der Waals surface area contributed by atoms with Crippen LogP contribution < -0.4 is 9.47 Å². The van der Waals surface area contributed by atoms with Crippen molar-refractivity contribution >= 4 is 11.9 Å². The van der Waals surface area contributed by atoms with E-state index in [1.807, 2.05) is 13.0 Å². The standard InChI is InChI=1S/C20H19NO5/c1-2-3-12-24-20(23)16-6-10-18(11-7-16)26-19(22)14-25-17-8-4-15(13-21)5-9-17/h4-11H,2-3,12,14H2,1H3. The molecule has 0 spiro atoms. The van der Waals surface area contributed by atoms with Crippen molar-refractivity contribution in [3.8, 4) is 17.6 Å². The quantitative estimate of drug-likeness (QED) is 0.410. The number of rotatable bonds is 8. The van der Waals surface area contributed by atoms with Crippen LogP contribution in [0.1, 0.15) is 35.7 Å². The van der Waals surface area contributed by atoms with E-state index in [0.717, 1.165) is 12.8 Å². The fourth-order valence-corrected chi connectivity index (χ4v) is 1.98. The van der Waals surface area contributed by atoms with Gasteiger partial charge in [0.05, 0.1) is 23.8 Å². The van der Waals surface area contributed by atoms with Gasteiger partial charge in [0.15, 0.2) is 6.61 Å². The van der Waals surface area contributed by atoms with E-state index in [4.69, 9.17) is 19.5 Å². The van der Waals surface area contributed by atoms with E-state index in [1.54, 1.807) is 36.4 Å². The van der Waals surface area contributed by atoms with E-state index in [1.165, 1.54) is 12.1 Å².